The second-order valence-electron chi connectivity index (χ2n) is 11.2. The molecule has 43 heavy (non-hydrogen) atoms. The van der Waals surface area contributed by atoms with Crippen LogP contribution in [0.25, 0.3) is 22.2 Å². The Balaban J connectivity index is 1.57. The van der Waals surface area contributed by atoms with Crippen LogP contribution >= 0.6 is 15.9 Å². The number of nitrogens with zero attached hydrogens (tertiary/aromatic N) is 4. The Kier molecular flexibility index (Phi) is 8.20. The lowest BCUT2D eigenvalue weighted by Gasteiger charge is -2.34. The quantitative estimate of drug-likeness (QED) is 0.244. The van der Waals surface area contributed by atoms with Crippen molar-refractivity contribution in [1.29, 1.82) is 0 Å². The lowest BCUT2D eigenvalue weighted by Crippen LogP contribution is -2.47. The van der Waals surface area contributed by atoms with E-state index in [4.69, 9.17) is 4.74 Å². The van der Waals surface area contributed by atoms with E-state index in [2.05, 4.69) is 31.2 Å². The molecular formula is C29H29BrF3N5O4S. The molecule has 0 bridgehead atoms. The molecule has 0 spiro atoms. The molecule has 1 aliphatic rings. The molecule has 14 heteroatoms. The second-order valence-corrected chi connectivity index (χ2v) is 13.9. The zero-order valence-corrected chi connectivity index (χ0v) is 25.9. The fourth-order valence-corrected chi connectivity index (χ4v) is 6.63. The number of carbonyl (C=O) groups excluding carboxylic acids is 1. The number of ether oxygens (including phenoxy) is 1. The SMILES string of the molecule is CC(C)(C)OC(=O)N1CCC[C@H](Nc2ncc(C(F)(F)F)c(-c3cn(S(=O)(=O)c4ccccc4)c4cc(Br)ccc34)n2)C1. The Morgan fingerprint density at radius 2 is 1.84 bits per heavy atom. The zero-order chi connectivity index (χ0) is 31.2. The zero-order valence-electron chi connectivity index (χ0n) is 23.5. The molecule has 2 aromatic carbocycles. The Labute approximate surface area is 255 Å². The summed E-state index contributed by atoms with van der Waals surface area (Å²) < 4.78 is 77.1. The second kappa shape index (κ2) is 11.5. The third-order valence-corrected chi connectivity index (χ3v) is 8.97. The number of fused-ring (bicyclic) bond motifs is 1. The van der Waals surface area contributed by atoms with Crippen LogP contribution in [0.3, 0.4) is 0 Å². The van der Waals surface area contributed by atoms with Crippen molar-refractivity contribution >= 4 is 48.9 Å². The molecule has 3 heterocycles. The number of alkyl halides is 3. The van der Waals surface area contributed by atoms with E-state index in [0.29, 0.717) is 30.1 Å². The average Bonchev–Trinajstić information content (AvgIpc) is 3.31. The predicted octanol–water partition coefficient (Wildman–Crippen LogP) is 6.93. The summed E-state index contributed by atoms with van der Waals surface area (Å²) in [6.45, 7) is 6.03. The first-order chi connectivity index (χ1) is 20.1. The van der Waals surface area contributed by atoms with Crippen molar-refractivity contribution in [3.8, 4) is 11.3 Å². The summed E-state index contributed by atoms with van der Waals surface area (Å²) in [4.78, 5) is 22.3. The molecule has 0 aliphatic carbocycles. The van der Waals surface area contributed by atoms with Crippen LogP contribution in [-0.4, -0.2) is 58.1 Å². The van der Waals surface area contributed by atoms with Crippen molar-refractivity contribution in [1.82, 2.24) is 18.8 Å². The fourth-order valence-electron chi connectivity index (χ4n) is 4.90. The predicted molar refractivity (Wildman–Crippen MR) is 159 cm³/mol. The maximum Gasteiger partial charge on any atom is 0.419 e. The largest absolute Gasteiger partial charge is 0.444 e. The maximum atomic E-state index is 14.3. The van der Waals surface area contributed by atoms with Crippen LogP contribution in [0.2, 0.25) is 0 Å². The number of nitrogens with one attached hydrogen (secondary N) is 1. The van der Waals surface area contributed by atoms with Gasteiger partial charge < -0.3 is 15.0 Å². The van der Waals surface area contributed by atoms with Gasteiger partial charge in [-0.3, -0.25) is 0 Å². The molecule has 1 N–H and O–H groups in total. The Bertz CT molecular complexity index is 1770. The molecule has 1 fully saturated rings. The van der Waals surface area contributed by atoms with E-state index in [-0.39, 0.29) is 39.9 Å². The third-order valence-electron chi connectivity index (χ3n) is 6.79. The molecule has 1 amide bonds. The lowest BCUT2D eigenvalue weighted by molar-refractivity contribution is -0.137. The molecule has 9 nitrogen and oxygen atoms in total. The average molecular weight is 681 g/mol. The smallest absolute Gasteiger partial charge is 0.419 e. The summed E-state index contributed by atoms with van der Waals surface area (Å²) in [5.41, 5.74) is -2.12. The van der Waals surface area contributed by atoms with Gasteiger partial charge in [0.05, 0.1) is 16.1 Å². The number of likely N-dealkylation sites (tertiary alicyclic amines) is 1. The summed E-state index contributed by atoms with van der Waals surface area (Å²) in [7, 11) is -4.17. The minimum Gasteiger partial charge on any atom is -0.444 e. The number of hydrogen-bond donors (Lipinski definition) is 1. The van der Waals surface area contributed by atoms with Crippen LogP contribution in [0.15, 0.2) is 70.3 Å². The van der Waals surface area contributed by atoms with E-state index in [0.717, 1.165) is 10.2 Å². The number of rotatable bonds is 5. The van der Waals surface area contributed by atoms with Crippen LogP contribution in [0.5, 0.6) is 0 Å². The Morgan fingerprint density at radius 1 is 1.12 bits per heavy atom. The Morgan fingerprint density at radius 3 is 2.51 bits per heavy atom. The topological polar surface area (TPSA) is 106 Å². The van der Waals surface area contributed by atoms with Gasteiger partial charge in [-0.2, -0.15) is 13.2 Å². The van der Waals surface area contributed by atoms with E-state index < -0.39 is 39.2 Å². The molecule has 0 radical (unpaired) electrons. The molecule has 0 unspecified atom stereocenters. The van der Waals surface area contributed by atoms with Gasteiger partial charge in [-0.15, -0.1) is 0 Å². The molecule has 0 saturated carbocycles. The van der Waals surface area contributed by atoms with Crippen LogP contribution in [-0.2, 0) is 20.9 Å². The highest BCUT2D eigenvalue weighted by Crippen LogP contribution is 2.41. The van der Waals surface area contributed by atoms with Crippen LogP contribution < -0.4 is 5.32 Å². The minimum atomic E-state index is -4.83. The number of amides is 1. The molecule has 5 rings (SSSR count). The van der Waals surface area contributed by atoms with Gasteiger partial charge in [0.1, 0.15) is 11.2 Å². The first-order valence-electron chi connectivity index (χ1n) is 13.4. The number of hydrogen-bond acceptors (Lipinski definition) is 7. The number of benzene rings is 2. The Hall–Kier alpha value is -3.65. The van der Waals surface area contributed by atoms with E-state index in [9.17, 15) is 26.4 Å². The van der Waals surface area contributed by atoms with Gasteiger partial charge >= 0.3 is 12.3 Å². The van der Waals surface area contributed by atoms with Crippen molar-refractivity contribution in [3.63, 3.8) is 0 Å². The van der Waals surface area contributed by atoms with Crippen molar-refractivity contribution in [2.24, 2.45) is 0 Å². The van der Waals surface area contributed by atoms with Gasteiger partial charge in [0.25, 0.3) is 10.0 Å². The van der Waals surface area contributed by atoms with Crippen molar-refractivity contribution in [3.05, 3.63) is 71.0 Å². The highest BCUT2D eigenvalue weighted by atomic mass is 79.9. The molecule has 1 atom stereocenters. The van der Waals surface area contributed by atoms with Gasteiger partial charge in [-0.25, -0.2) is 27.2 Å². The van der Waals surface area contributed by atoms with E-state index in [1.54, 1.807) is 51.1 Å². The third kappa shape index (κ3) is 6.64. The van der Waals surface area contributed by atoms with Gasteiger partial charge in [0, 0.05) is 46.9 Å². The van der Waals surface area contributed by atoms with Crippen LogP contribution in [0.1, 0.15) is 39.2 Å². The first kappa shape index (κ1) is 30.8. The van der Waals surface area contributed by atoms with E-state index >= 15 is 0 Å². The number of carbonyl (C=O) groups is 1. The summed E-state index contributed by atoms with van der Waals surface area (Å²) in [6, 6.07) is 12.0. The summed E-state index contributed by atoms with van der Waals surface area (Å²) >= 11 is 3.34. The normalized spacial score (nSPS) is 16.3. The number of aromatic nitrogens is 3. The highest BCUT2D eigenvalue weighted by molar-refractivity contribution is 9.10. The highest BCUT2D eigenvalue weighted by Gasteiger charge is 2.37. The fraction of sp³-hybridized carbons (Fsp3) is 0.345. The summed E-state index contributed by atoms with van der Waals surface area (Å²) in [5.74, 6) is -0.0806. The van der Waals surface area contributed by atoms with Crippen molar-refractivity contribution in [2.75, 3.05) is 18.4 Å². The molecule has 4 aromatic rings. The van der Waals surface area contributed by atoms with E-state index in [1.807, 2.05) is 0 Å². The van der Waals surface area contributed by atoms with Crippen molar-refractivity contribution < 1.29 is 31.1 Å². The maximum absolute atomic E-state index is 14.3. The van der Waals surface area contributed by atoms with Gasteiger partial charge in [0.15, 0.2) is 0 Å². The number of halogens is 4. The molecule has 1 saturated heterocycles. The van der Waals surface area contributed by atoms with Crippen LogP contribution in [0.4, 0.5) is 23.9 Å². The molecule has 2 aromatic heterocycles. The minimum absolute atomic E-state index is 0.0219. The standard InChI is InChI=1S/C29H29BrF3N5O4S/c1-28(2,3)42-27(39)37-13-7-8-19(16-37)35-26-34-15-23(29(31,32)33)25(36-26)22-17-38(24-14-18(30)11-12-21(22)24)43(40,41)20-9-5-4-6-10-20/h4-6,9-12,14-15,17,19H,7-8,13,16H2,1-3H3,(H,34,35,36)/t19-/m0/s1. The molecule has 228 valence electrons. The van der Waals surface area contributed by atoms with Gasteiger partial charge in [0.2, 0.25) is 5.95 Å². The number of anilines is 1. The monoisotopic (exact) mass is 679 g/mol. The molecule has 1 aliphatic heterocycles. The molecular weight excluding hydrogens is 651 g/mol. The van der Waals surface area contributed by atoms with Crippen molar-refractivity contribution in [2.45, 2.75) is 56.3 Å². The summed E-state index contributed by atoms with van der Waals surface area (Å²) in [5, 5.41) is 3.32. The van der Waals surface area contributed by atoms with Gasteiger partial charge in [-0.1, -0.05) is 40.2 Å². The van der Waals surface area contributed by atoms with Gasteiger partial charge in [-0.05, 0) is 57.9 Å². The van der Waals surface area contributed by atoms with E-state index in [1.165, 1.54) is 23.1 Å². The summed E-state index contributed by atoms with van der Waals surface area (Å²) in [6.07, 6.45) is -2.19. The lowest BCUT2D eigenvalue weighted by atomic mass is 10.1. The first-order valence-corrected chi connectivity index (χ1v) is 15.7. The van der Waals surface area contributed by atoms with Crippen LogP contribution in [0, 0.1) is 0 Å². The number of piperidine rings is 1.